The number of benzene rings is 3. The van der Waals surface area contributed by atoms with E-state index in [-0.39, 0.29) is 5.56 Å². The van der Waals surface area contributed by atoms with Crippen LogP contribution < -0.4 is 5.56 Å². The number of rotatable bonds is 3. The number of hydrogen-bond acceptors (Lipinski definition) is 3. The summed E-state index contributed by atoms with van der Waals surface area (Å²) >= 11 is 0. The zero-order chi connectivity index (χ0) is 18.9. The lowest BCUT2D eigenvalue weighted by atomic mass is 10.0. The third-order valence-electron chi connectivity index (χ3n) is 4.93. The van der Waals surface area contributed by atoms with Gasteiger partial charge >= 0.3 is 0 Å². The first-order valence-electron chi connectivity index (χ1n) is 9.17. The summed E-state index contributed by atoms with van der Waals surface area (Å²) in [7, 11) is 0. The molecule has 0 aliphatic heterocycles. The van der Waals surface area contributed by atoms with E-state index in [2.05, 4.69) is 46.4 Å². The molecule has 5 rings (SSSR count). The van der Waals surface area contributed by atoms with Crippen molar-refractivity contribution >= 4 is 21.9 Å². The van der Waals surface area contributed by atoms with E-state index < -0.39 is 0 Å². The Hall–Kier alpha value is -3.79. The molecule has 134 valence electrons. The summed E-state index contributed by atoms with van der Waals surface area (Å²) in [5.74, 6) is 0. The lowest BCUT2D eigenvalue weighted by Gasteiger charge is -2.08. The van der Waals surface area contributed by atoms with Crippen LogP contribution in [-0.4, -0.2) is 14.5 Å². The van der Waals surface area contributed by atoms with Crippen LogP contribution >= 0.6 is 0 Å². The summed E-state index contributed by atoms with van der Waals surface area (Å²) in [5, 5.41) is 1.49. The van der Waals surface area contributed by atoms with Gasteiger partial charge in [0.15, 0.2) is 5.65 Å². The first-order valence-corrected chi connectivity index (χ1v) is 9.17. The molecule has 0 spiro atoms. The normalized spacial score (nSPS) is 11.1. The van der Waals surface area contributed by atoms with E-state index in [1.165, 1.54) is 5.56 Å². The van der Waals surface area contributed by atoms with Crippen molar-refractivity contribution < 1.29 is 0 Å². The molecule has 0 saturated heterocycles. The van der Waals surface area contributed by atoms with E-state index in [4.69, 9.17) is 0 Å². The third kappa shape index (κ3) is 2.95. The maximum atomic E-state index is 12.9. The molecule has 0 radical (unpaired) electrons. The molecule has 0 aliphatic rings. The van der Waals surface area contributed by atoms with Crippen LogP contribution in [0.4, 0.5) is 0 Å². The summed E-state index contributed by atoms with van der Waals surface area (Å²) in [6.45, 7) is 0.476. The van der Waals surface area contributed by atoms with Gasteiger partial charge in [0, 0.05) is 5.39 Å². The van der Waals surface area contributed by atoms with Crippen molar-refractivity contribution in [1.29, 1.82) is 0 Å². The highest BCUT2D eigenvalue weighted by Gasteiger charge is 2.08. The summed E-state index contributed by atoms with van der Waals surface area (Å²) in [6, 6.07) is 28.2. The molecular formula is C24H17N3O. The second kappa shape index (κ2) is 6.74. The highest BCUT2D eigenvalue weighted by atomic mass is 16.1. The molecule has 4 heteroatoms. The standard InChI is InChI=1S/C24H17N3O/c28-24-21-14-20-8-4-5-9-22(20)26-23(21)25-16-27(24)15-17-10-12-19(13-11-17)18-6-2-1-3-7-18/h1-14,16H,15H2. The minimum absolute atomic E-state index is 0.0737. The highest BCUT2D eigenvalue weighted by molar-refractivity contribution is 5.90. The van der Waals surface area contributed by atoms with Gasteiger partial charge < -0.3 is 0 Å². The van der Waals surface area contributed by atoms with Gasteiger partial charge in [-0.3, -0.25) is 9.36 Å². The molecule has 0 fully saturated rings. The molecule has 0 N–H and O–H groups in total. The summed E-state index contributed by atoms with van der Waals surface area (Å²) < 4.78 is 1.64. The Morgan fingerprint density at radius 2 is 1.50 bits per heavy atom. The molecule has 28 heavy (non-hydrogen) atoms. The van der Waals surface area contributed by atoms with Crippen molar-refractivity contribution in [3.63, 3.8) is 0 Å². The van der Waals surface area contributed by atoms with Crippen LogP contribution in [0.5, 0.6) is 0 Å². The highest BCUT2D eigenvalue weighted by Crippen LogP contribution is 2.20. The van der Waals surface area contributed by atoms with Crippen molar-refractivity contribution in [2.45, 2.75) is 6.54 Å². The Bertz CT molecular complexity index is 1340. The first kappa shape index (κ1) is 16.4. The minimum Gasteiger partial charge on any atom is -0.294 e. The van der Waals surface area contributed by atoms with Crippen LogP contribution in [0.3, 0.4) is 0 Å². The molecular weight excluding hydrogens is 346 g/mol. The van der Waals surface area contributed by atoms with E-state index in [1.54, 1.807) is 10.9 Å². The van der Waals surface area contributed by atoms with Gasteiger partial charge in [0.05, 0.1) is 17.4 Å². The van der Waals surface area contributed by atoms with Gasteiger partial charge in [-0.1, -0.05) is 72.8 Å². The van der Waals surface area contributed by atoms with Crippen molar-refractivity contribution in [3.05, 3.63) is 107 Å². The van der Waals surface area contributed by atoms with Gasteiger partial charge in [0.2, 0.25) is 0 Å². The number of hydrogen-bond donors (Lipinski definition) is 0. The Morgan fingerprint density at radius 1 is 0.786 bits per heavy atom. The predicted molar refractivity (Wildman–Crippen MR) is 112 cm³/mol. The van der Waals surface area contributed by atoms with Gasteiger partial charge in [-0.05, 0) is 28.8 Å². The van der Waals surface area contributed by atoms with E-state index in [9.17, 15) is 4.79 Å². The van der Waals surface area contributed by atoms with E-state index in [1.807, 2.05) is 48.5 Å². The van der Waals surface area contributed by atoms with Crippen LogP contribution in [-0.2, 0) is 6.54 Å². The molecule has 0 atom stereocenters. The Balaban J connectivity index is 1.50. The predicted octanol–water partition coefficient (Wildman–Crippen LogP) is 4.66. The maximum Gasteiger partial charge on any atom is 0.263 e. The van der Waals surface area contributed by atoms with Crippen LogP contribution in [0.25, 0.3) is 33.1 Å². The van der Waals surface area contributed by atoms with Crippen molar-refractivity contribution in [2.75, 3.05) is 0 Å². The second-order valence-corrected chi connectivity index (χ2v) is 6.79. The molecule has 5 aromatic rings. The number of aromatic nitrogens is 3. The molecule has 2 heterocycles. The lowest BCUT2D eigenvalue weighted by Crippen LogP contribution is -2.21. The molecule has 0 amide bonds. The average Bonchev–Trinajstić information content (AvgIpc) is 2.76. The Kier molecular flexibility index (Phi) is 3.95. The molecule has 0 unspecified atom stereocenters. The molecule has 4 nitrogen and oxygen atoms in total. The topological polar surface area (TPSA) is 47.8 Å². The number of pyridine rings is 1. The number of para-hydroxylation sites is 1. The monoisotopic (exact) mass is 363 g/mol. The maximum absolute atomic E-state index is 12.9. The molecule has 2 aromatic heterocycles. The number of nitrogens with zero attached hydrogens (tertiary/aromatic N) is 3. The third-order valence-corrected chi connectivity index (χ3v) is 4.93. The lowest BCUT2D eigenvalue weighted by molar-refractivity contribution is 0.747. The van der Waals surface area contributed by atoms with Gasteiger partial charge in [0.1, 0.15) is 6.33 Å². The molecule has 0 saturated carbocycles. The van der Waals surface area contributed by atoms with Crippen LogP contribution in [0.2, 0.25) is 0 Å². The van der Waals surface area contributed by atoms with Crippen molar-refractivity contribution in [3.8, 4) is 11.1 Å². The number of fused-ring (bicyclic) bond motifs is 2. The molecule has 3 aromatic carbocycles. The SMILES string of the molecule is O=c1c2cc3ccccc3nc2ncn1Cc1ccc(-c2ccccc2)cc1. The summed E-state index contributed by atoms with van der Waals surface area (Å²) in [5.41, 5.74) is 4.64. The smallest absolute Gasteiger partial charge is 0.263 e. The fraction of sp³-hybridized carbons (Fsp3) is 0.0417. The Labute approximate surface area is 161 Å². The first-order chi connectivity index (χ1) is 13.8. The fourth-order valence-corrected chi connectivity index (χ4v) is 3.44. The minimum atomic E-state index is -0.0737. The Morgan fingerprint density at radius 3 is 2.32 bits per heavy atom. The van der Waals surface area contributed by atoms with Crippen LogP contribution in [0.1, 0.15) is 5.56 Å². The van der Waals surface area contributed by atoms with Crippen LogP contribution in [0.15, 0.2) is 96.1 Å². The second-order valence-electron chi connectivity index (χ2n) is 6.79. The van der Waals surface area contributed by atoms with Crippen molar-refractivity contribution in [1.82, 2.24) is 14.5 Å². The average molecular weight is 363 g/mol. The van der Waals surface area contributed by atoms with Gasteiger partial charge in [0.25, 0.3) is 5.56 Å². The quantitative estimate of drug-likeness (QED) is 0.438. The molecule has 0 bridgehead atoms. The molecule has 0 aliphatic carbocycles. The van der Waals surface area contributed by atoms with E-state index in [0.29, 0.717) is 17.6 Å². The van der Waals surface area contributed by atoms with E-state index in [0.717, 1.165) is 22.0 Å². The van der Waals surface area contributed by atoms with Crippen molar-refractivity contribution in [2.24, 2.45) is 0 Å². The zero-order valence-corrected chi connectivity index (χ0v) is 15.1. The largest absolute Gasteiger partial charge is 0.294 e. The summed E-state index contributed by atoms with van der Waals surface area (Å²) in [4.78, 5) is 21.9. The summed E-state index contributed by atoms with van der Waals surface area (Å²) in [6.07, 6.45) is 1.58. The van der Waals surface area contributed by atoms with Gasteiger partial charge in [-0.2, -0.15) is 0 Å². The van der Waals surface area contributed by atoms with E-state index >= 15 is 0 Å². The van der Waals surface area contributed by atoms with Crippen LogP contribution in [0, 0.1) is 0 Å². The fourth-order valence-electron chi connectivity index (χ4n) is 3.44. The zero-order valence-electron chi connectivity index (χ0n) is 15.1. The van der Waals surface area contributed by atoms with Gasteiger partial charge in [-0.25, -0.2) is 9.97 Å². The van der Waals surface area contributed by atoms with Gasteiger partial charge in [-0.15, -0.1) is 0 Å².